The highest BCUT2D eigenvalue weighted by Gasteiger charge is 2.36. The van der Waals surface area contributed by atoms with Crippen molar-refractivity contribution in [3.63, 3.8) is 0 Å². The zero-order chi connectivity index (χ0) is 25.4. The minimum atomic E-state index is -0.537. The van der Waals surface area contributed by atoms with Crippen molar-refractivity contribution in [1.82, 2.24) is 25.0 Å². The summed E-state index contributed by atoms with van der Waals surface area (Å²) in [6.07, 6.45) is 2.00. The predicted molar refractivity (Wildman–Crippen MR) is 128 cm³/mol. The van der Waals surface area contributed by atoms with Gasteiger partial charge in [0.25, 0.3) is 0 Å². The van der Waals surface area contributed by atoms with Crippen LogP contribution in [0.25, 0.3) is 11.4 Å². The Morgan fingerprint density at radius 2 is 2.00 bits per heavy atom. The van der Waals surface area contributed by atoms with Crippen LogP contribution in [0.3, 0.4) is 0 Å². The third kappa shape index (κ3) is 4.33. The Morgan fingerprint density at radius 3 is 2.84 bits per heavy atom. The van der Waals surface area contributed by atoms with Crippen LogP contribution >= 0.6 is 0 Å². The fraction of sp³-hybridized carbons (Fsp3) is 0.240. The fourth-order valence-electron chi connectivity index (χ4n) is 4.29. The highest BCUT2D eigenvalue weighted by molar-refractivity contribution is 5.92. The Labute approximate surface area is 210 Å². The number of nitrogens with zero attached hydrogens (tertiary/aromatic N) is 4. The molecule has 4 heterocycles. The van der Waals surface area contributed by atoms with Crippen molar-refractivity contribution >= 4 is 17.7 Å². The van der Waals surface area contributed by atoms with Crippen molar-refractivity contribution < 1.29 is 28.3 Å². The molecule has 2 aliphatic rings. The molecule has 6 rings (SSSR count). The van der Waals surface area contributed by atoms with Crippen molar-refractivity contribution in [3.05, 3.63) is 71.6 Å². The van der Waals surface area contributed by atoms with E-state index in [0.29, 0.717) is 40.6 Å². The minimum Gasteiger partial charge on any atom is -0.462 e. The fourth-order valence-corrected chi connectivity index (χ4v) is 4.29. The molecule has 37 heavy (non-hydrogen) atoms. The average molecular weight is 502 g/mol. The summed E-state index contributed by atoms with van der Waals surface area (Å²) in [6, 6.07) is 11.0. The number of urea groups is 1. The lowest BCUT2D eigenvalue weighted by Gasteiger charge is -2.32. The molecule has 188 valence electrons. The Hall–Kier alpha value is -4.87. The first kappa shape index (κ1) is 22.6. The maximum Gasteiger partial charge on any atom is 0.338 e. The number of rotatable bonds is 5. The largest absolute Gasteiger partial charge is 0.462 e. The van der Waals surface area contributed by atoms with Gasteiger partial charge in [-0.15, -0.1) is 0 Å². The van der Waals surface area contributed by atoms with Crippen molar-refractivity contribution in [3.8, 4) is 22.9 Å². The van der Waals surface area contributed by atoms with Crippen LogP contribution in [0.4, 0.5) is 10.5 Å². The van der Waals surface area contributed by atoms with Gasteiger partial charge in [-0.2, -0.15) is 4.98 Å². The van der Waals surface area contributed by atoms with Gasteiger partial charge in [0.2, 0.25) is 18.5 Å². The summed E-state index contributed by atoms with van der Waals surface area (Å²) >= 11 is 0. The first-order valence-corrected chi connectivity index (χ1v) is 11.7. The van der Waals surface area contributed by atoms with Crippen LogP contribution in [0.5, 0.6) is 11.5 Å². The second-order valence-corrected chi connectivity index (χ2v) is 8.43. The number of aromatic nitrogens is 4. The molecule has 0 bridgehead atoms. The number of imidazole rings is 1. The zero-order valence-electron chi connectivity index (χ0n) is 19.8. The molecule has 2 aromatic carbocycles. The number of esters is 1. The lowest BCUT2D eigenvalue weighted by molar-refractivity contribution is 0.0526. The van der Waals surface area contributed by atoms with Gasteiger partial charge in [-0.25, -0.2) is 14.6 Å². The van der Waals surface area contributed by atoms with Crippen LogP contribution in [-0.4, -0.2) is 50.4 Å². The highest BCUT2D eigenvalue weighted by atomic mass is 16.7. The smallest absolute Gasteiger partial charge is 0.338 e. The van der Waals surface area contributed by atoms with Crippen LogP contribution in [0.15, 0.2) is 53.3 Å². The molecule has 4 aromatic rings. The van der Waals surface area contributed by atoms with Crippen molar-refractivity contribution in [2.75, 3.05) is 18.7 Å². The number of aromatic amines is 1. The molecule has 0 saturated carbocycles. The summed E-state index contributed by atoms with van der Waals surface area (Å²) in [4.78, 5) is 39.0. The number of carbonyl (C=O) groups excluding carboxylic acids is 2. The van der Waals surface area contributed by atoms with Gasteiger partial charge in [0.15, 0.2) is 11.5 Å². The number of anilines is 1. The van der Waals surface area contributed by atoms with Crippen LogP contribution in [0.1, 0.15) is 40.6 Å². The molecule has 12 nitrogen and oxygen atoms in total. The van der Waals surface area contributed by atoms with Gasteiger partial charge in [0.1, 0.15) is 6.04 Å². The molecule has 0 fully saturated rings. The Kier molecular flexibility index (Phi) is 5.68. The normalized spacial score (nSPS) is 15.8. The molecule has 0 spiro atoms. The Balaban J connectivity index is 1.24. The molecule has 0 aliphatic carbocycles. The molecular weight excluding hydrogens is 480 g/mol. The number of nitrogens with one attached hydrogen (secondary N) is 2. The summed E-state index contributed by atoms with van der Waals surface area (Å²) in [6.45, 7) is 2.47. The topological polar surface area (TPSA) is 145 Å². The number of ether oxygens (including phenoxy) is 3. The number of hydrogen-bond donors (Lipinski definition) is 2. The summed E-state index contributed by atoms with van der Waals surface area (Å²) in [7, 11) is 0. The van der Waals surface area contributed by atoms with Crippen molar-refractivity contribution in [2.24, 2.45) is 0 Å². The molecule has 0 radical (unpaired) electrons. The van der Waals surface area contributed by atoms with E-state index in [1.165, 1.54) is 0 Å². The molecule has 1 unspecified atom stereocenters. The second kappa shape index (κ2) is 9.30. The summed E-state index contributed by atoms with van der Waals surface area (Å²) in [5.41, 5.74) is 3.29. The maximum atomic E-state index is 13.4. The zero-order valence-corrected chi connectivity index (χ0v) is 19.8. The van der Waals surface area contributed by atoms with Gasteiger partial charge in [0, 0.05) is 17.7 Å². The third-order valence-corrected chi connectivity index (χ3v) is 6.16. The van der Waals surface area contributed by atoms with E-state index in [2.05, 4.69) is 25.4 Å². The van der Waals surface area contributed by atoms with Crippen molar-refractivity contribution in [1.29, 1.82) is 0 Å². The molecule has 2 aromatic heterocycles. The molecular formula is C25H22N6O6. The van der Waals surface area contributed by atoms with Gasteiger partial charge in [-0.3, -0.25) is 0 Å². The first-order valence-electron chi connectivity index (χ1n) is 11.7. The summed E-state index contributed by atoms with van der Waals surface area (Å²) in [5, 5.41) is 7.02. The van der Waals surface area contributed by atoms with Crippen molar-refractivity contribution in [2.45, 2.75) is 25.9 Å². The van der Waals surface area contributed by atoms with E-state index in [-0.39, 0.29) is 31.9 Å². The van der Waals surface area contributed by atoms with E-state index in [1.54, 1.807) is 54.5 Å². The summed E-state index contributed by atoms with van der Waals surface area (Å²) in [5.74, 6) is 1.50. The molecule has 2 aliphatic heterocycles. The van der Waals surface area contributed by atoms with E-state index >= 15 is 0 Å². The molecule has 2 amide bonds. The minimum absolute atomic E-state index is 0.167. The van der Waals surface area contributed by atoms with Gasteiger partial charge in [0.05, 0.1) is 36.4 Å². The van der Waals surface area contributed by atoms with E-state index in [9.17, 15) is 9.59 Å². The maximum absolute atomic E-state index is 13.4. The van der Waals surface area contributed by atoms with Crippen LogP contribution < -0.4 is 14.8 Å². The van der Waals surface area contributed by atoms with Gasteiger partial charge >= 0.3 is 12.0 Å². The van der Waals surface area contributed by atoms with Gasteiger partial charge < -0.3 is 33.9 Å². The average Bonchev–Trinajstić information content (AvgIpc) is 3.68. The van der Waals surface area contributed by atoms with Gasteiger partial charge in [-0.1, -0.05) is 5.16 Å². The second-order valence-electron chi connectivity index (χ2n) is 8.43. The Bertz CT molecular complexity index is 1460. The number of H-pyrrole nitrogens is 1. The van der Waals surface area contributed by atoms with E-state index in [1.807, 2.05) is 6.07 Å². The predicted octanol–water partition coefficient (Wildman–Crippen LogP) is 3.70. The third-order valence-electron chi connectivity index (χ3n) is 6.16. The molecule has 2 N–H and O–H groups in total. The first-order chi connectivity index (χ1) is 18.1. The lowest BCUT2D eigenvalue weighted by Crippen LogP contribution is -2.41. The molecule has 12 heteroatoms. The standard InChI is InChI=1S/C25H22N6O6/c1-2-34-24(32)14-3-6-16(7-4-14)28-25(33)31-11-18-17(26-12-27-18)10-19(31)23-29-22(30-37-23)15-5-8-20-21(9-15)36-13-35-20/h3-9,12,19H,2,10-11,13H2,1H3,(H,26,27)(H,28,33). The van der Waals surface area contributed by atoms with E-state index in [4.69, 9.17) is 18.7 Å². The SMILES string of the molecule is CCOC(=O)c1ccc(NC(=O)N2Cc3[nH]cnc3CC2c2nc(-c3ccc4c(c3)OCO4)no2)cc1. The Morgan fingerprint density at radius 1 is 1.16 bits per heavy atom. The number of amides is 2. The number of carbonyl (C=O) groups is 2. The molecule has 0 saturated heterocycles. The van der Waals surface area contributed by atoms with Crippen LogP contribution in [0.2, 0.25) is 0 Å². The van der Waals surface area contributed by atoms with E-state index < -0.39 is 12.0 Å². The van der Waals surface area contributed by atoms with Crippen LogP contribution in [0, 0.1) is 0 Å². The quantitative estimate of drug-likeness (QED) is 0.390. The monoisotopic (exact) mass is 502 g/mol. The van der Waals surface area contributed by atoms with Gasteiger partial charge in [-0.05, 0) is 49.4 Å². The van der Waals surface area contributed by atoms with Crippen LogP contribution in [-0.2, 0) is 17.7 Å². The van der Waals surface area contributed by atoms with E-state index in [0.717, 1.165) is 11.4 Å². The highest BCUT2D eigenvalue weighted by Crippen LogP contribution is 2.36. The number of benzene rings is 2. The number of fused-ring (bicyclic) bond motifs is 2. The molecule has 1 atom stereocenters. The lowest BCUT2D eigenvalue weighted by atomic mass is 10.0. The number of hydrogen-bond acceptors (Lipinski definition) is 9. The summed E-state index contributed by atoms with van der Waals surface area (Å²) < 4.78 is 21.4.